The Kier molecular flexibility index (Phi) is 4.85. The summed E-state index contributed by atoms with van der Waals surface area (Å²) in [5.74, 6) is 0.490. The Hall–Kier alpha value is -1.62. The smallest absolute Gasteiger partial charge is 0.317 e. The van der Waals surface area contributed by atoms with E-state index in [1.54, 1.807) is 12.1 Å². The highest BCUT2D eigenvalue weighted by atomic mass is 19.1. The fourth-order valence-electron chi connectivity index (χ4n) is 3.38. The van der Waals surface area contributed by atoms with Gasteiger partial charge in [-0.25, -0.2) is 9.18 Å². The van der Waals surface area contributed by atoms with Crippen molar-refractivity contribution >= 4 is 6.03 Å². The molecule has 1 aromatic rings. The highest BCUT2D eigenvalue weighted by molar-refractivity contribution is 5.75. The zero-order valence-electron chi connectivity index (χ0n) is 13.5. The largest absolute Gasteiger partial charge is 0.393 e. The first-order valence-corrected chi connectivity index (χ1v) is 8.53. The Labute approximate surface area is 136 Å². The molecule has 2 aliphatic rings. The van der Waals surface area contributed by atoms with Gasteiger partial charge in [-0.05, 0) is 62.1 Å². The van der Waals surface area contributed by atoms with Gasteiger partial charge >= 0.3 is 6.03 Å². The first-order valence-electron chi connectivity index (χ1n) is 8.53. The van der Waals surface area contributed by atoms with Crippen LogP contribution in [0.15, 0.2) is 24.3 Å². The van der Waals surface area contributed by atoms with Crippen LogP contribution in [0.3, 0.4) is 0 Å². The molecule has 0 spiro atoms. The third kappa shape index (κ3) is 4.02. The van der Waals surface area contributed by atoms with E-state index < -0.39 is 0 Å². The van der Waals surface area contributed by atoms with Gasteiger partial charge in [0.15, 0.2) is 0 Å². The Balaban J connectivity index is 1.60. The molecule has 23 heavy (non-hydrogen) atoms. The Bertz CT molecular complexity index is 534. The van der Waals surface area contributed by atoms with Gasteiger partial charge in [-0.1, -0.05) is 12.1 Å². The first kappa shape index (κ1) is 16.2. The highest BCUT2D eigenvalue weighted by Gasteiger charge is 2.35. The molecule has 1 aromatic carbocycles. The molecule has 1 heterocycles. The lowest BCUT2D eigenvalue weighted by Crippen LogP contribution is -2.47. The van der Waals surface area contributed by atoms with E-state index in [-0.39, 0.29) is 29.9 Å². The fraction of sp³-hybridized carbons (Fsp3) is 0.611. The molecule has 1 aliphatic carbocycles. The van der Waals surface area contributed by atoms with E-state index in [9.17, 15) is 14.3 Å². The van der Waals surface area contributed by atoms with E-state index in [1.165, 1.54) is 12.1 Å². The maximum atomic E-state index is 13.1. The number of halogens is 1. The van der Waals surface area contributed by atoms with E-state index in [4.69, 9.17) is 0 Å². The molecule has 126 valence electrons. The van der Waals surface area contributed by atoms with Crippen LogP contribution in [0.4, 0.5) is 9.18 Å². The maximum Gasteiger partial charge on any atom is 0.317 e. The minimum Gasteiger partial charge on any atom is -0.393 e. The number of carbonyl (C=O) groups is 1. The number of amides is 2. The standard InChI is InChI=1S/C18H25FN2O2/c1-12(22)13-8-10-21(11-9-13)18(23)20-17(14-2-3-14)15-4-6-16(19)7-5-15/h4-7,12-14,17,22H,2-3,8-11H2,1H3,(H,20,23). The van der Waals surface area contributed by atoms with Gasteiger partial charge in [0.2, 0.25) is 0 Å². The van der Waals surface area contributed by atoms with E-state index >= 15 is 0 Å². The number of likely N-dealkylation sites (tertiary alicyclic amines) is 1. The molecule has 1 saturated carbocycles. The summed E-state index contributed by atoms with van der Waals surface area (Å²) < 4.78 is 13.1. The SMILES string of the molecule is CC(O)C1CCN(C(=O)NC(c2ccc(F)cc2)C2CC2)CC1. The molecule has 5 heteroatoms. The topological polar surface area (TPSA) is 52.6 Å². The van der Waals surface area contributed by atoms with Gasteiger partial charge in [-0.3, -0.25) is 0 Å². The summed E-state index contributed by atoms with van der Waals surface area (Å²) in [6.45, 7) is 3.18. The van der Waals surface area contributed by atoms with Gasteiger partial charge in [0.05, 0.1) is 12.1 Å². The molecule has 0 bridgehead atoms. The summed E-state index contributed by atoms with van der Waals surface area (Å²) in [6, 6.07) is 6.35. The summed E-state index contributed by atoms with van der Waals surface area (Å²) in [5.41, 5.74) is 0.973. The minimum absolute atomic E-state index is 0.0300. The van der Waals surface area contributed by atoms with Crippen molar-refractivity contribution in [3.8, 4) is 0 Å². The fourth-order valence-corrected chi connectivity index (χ4v) is 3.38. The van der Waals surface area contributed by atoms with Crippen LogP contribution in [0.5, 0.6) is 0 Å². The second-order valence-corrected chi connectivity index (χ2v) is 6.88. The van der Waals surface area contributed by atoms with Crippen molar-refractivity contribution < 1.29 is 14.3 Å². The molecule has 4 nitrogen and oxygen atoms in total. The Morgan fingerprint density at radius 2 is 1.78 bits per heavy atom. The summed E-state index contributed by atoms with van der Waals surface area (Å²) >= 11 is 0. The van der Waals surface area contributed by atoms with Gasteiger partial charge < -0.3 is 15.3 Å². The number of nitrogens with one attached hydrogen (secondary N) is 1. The lowest BCUT2D eigenvalue weighted by molar-refractivity contribution is 0.0791. The van der Waals surface area contributed by atoms with Crippen molar-refractivity contribution in [3.63, 3.8) is 0 Å². The zero-order chi connectivity index (χ0) is 16.4. The predicted molar refractivity (Wildman–Crippen MR) is 86.4 cm³/mol. The van der Waals surface area contributed by atoms with Crippen molar-refractivity contribution in [2.45, 2.75) is 44.8 Å². The molecular formula is C18H25FN2O2. The lowest BCUT2D eigenvalue weighted by atomic mass is 9.92. The number of rotatable bonds is 4. The van der Waals surface area contributed by atoms with E-state index in [2.05, 4.69) is 5.32 Å². The molecule has 2 amide bonds. The van der Waals surface area contributed by atoms with Crippen molar-refractivity contribution in [2.24, 2.45) is 11.8 Å². The van der Waals surface area contributed by atoms with Crippen LogP contribution < -0.4 is 5.32 Å². The number of benzene rings is 1. The van der Waals surface area contributed by atoms with Crippen molar-refractivity contribution in [3.05, 3.63) is 35.6 Å². The van der Waals surface area contributed by atoms with Crippen LogP contribution in [-0.2, 0) is 0 Å². The zero-order valence-corrected chi connectivity index (χ0v) is 13.5. The molecule has 1 saturated heterocycles. The maximum absolute atomic E-state index is 13.1. The number of aliphatic hydroxyl groups is 1. The number of hydrogen-bond acceptors (Lipinski definition) is 2. The van der Waals surface area contributed by atoms with Crippen LogP contribution in [0.2, 0.25) is 0 Å². The number of piperidine rings is 1. The molecule has 2 fully saturated rings. The van der Waals surface area contributed by atoms with E-state index in [1.807, 2.05) is 11.8 Å². The molecular weight excluding hydrogens is 295 g/mol. The highest BCUT2D eigenvalue weighted by Crippen LogP contribution is 2.41. The van der Waals surface area contributed by atoms with E-state index in [0.29, 0.717) is 19.0 Å². The first-order chi connectivity index (χ1) is 11.0. The van der Waals surface area contributed by atoms with Gasteiger partial charge in [-0.2, -0.15) is 0 Å². The lowest BCUT2D eigenvalue weighted by Gasteiger charge is -2.34. The molecule has 0 radical (unpaired) electrons. The summed E-state index contributed by atoms with van der Waals surface area (Å²) in [5, 5.41) is 12.8. The van der Waals surface area contributed by atoms with Crippen LogP contribution in [0.1, 0.15) is 44.2 Å². The second-order valence-electron chi connectivity index (χ2n) is 6.88. The number of aliphatic hydroxyl groups excluding tert-OH is 1. The molecule has 1 aliphatic heterocycles. The van der Waals surface area contributed by atoms with Gasteiger partial charge in [0, 0.05) is 13.1 Å². The Morgan fingerprint density at radius 3 is 2.30 bits per heavy atom. The monoisotopic (exact) mass is 320 g/mol. The number of hydrogen-bond donors (Lipinski definition) is 2. The number of carbonyl (C=O) groups excluding carboxylic acids is 1. The molecule has 0 aromatic heterocycles. The van der Waals surface area contributed by atoms with E-state index in [0.717, 1.165) is 31.2 Å². The minimum atomic E-state index is -0.307. The average molecular weight is 320 g/mol. The van der Waals surface area contributed by atoms with Crippen LogP contribution in [-0.4, -0.2) is 35.2 Å². The number of nitrogens with zero attached hydrogens (tertiary/aromatic N) is 1. The van der Waals surface area contributed by atoms with Crippen molar-refractivity contribution in [1.82, 2.24) is 10.2 Å². The van der Waals surface area contributed by atoms with Gasteiger partial charge in [0.1, 0.15) is 5.82 Å². The summed E-state index contributed by atoms with van der Waals surface area (Å²) in [6.07, 6.45) is 3.59. The van der Waals surface area contributed by atoms with Crippen LogP contribution >= 0.6 is 0 Å². The normalized spacial score (nSPS) is 21.8. The third-order valence-electron chi connectivity index (χ3n) is 5.11. The van der Waals surface area contributed by atoms with Crippen molar-refractivity contribution in [1.29, 1.82) is 0 Å². The predicted octanol–water partition coefficient (Wildman–Crippen LogP) is 3.08. The average Bonchev–Trinajstić information content (AvgIpc) is 3.38. The van der Waals surface area contributed by atoms with Gasteiger partial charge in [-0.15, -0.1) is 0 Å². The van der Waals surface area contributed by atoms with Gasteiger partial charge in [0.25, 0.3) is 0 Å². The van der Waals surface area contributed by atoms with Crippen LogP contribution in [0.25, 0.3) is 0 Å². The molecule has 2 N–H and O–H groups in total. The van der Waals surface area contributed by atoms with Crippen molar-refractivity contribution in [2.75, 3.05) is 13.1 Å². The third-order valence-corrected chi connectivity index (χ3v) is 5.11. The second kappa shape index (κ2) is 6.87. The summed E-state index contributed by atoms with van der Waals surface area (Å²) in [7, 11) is 0. The number of urea groups is 1. The van der Waals surface area contributed by atoms with Crippen LogP contribution in [0, 0.1) is 17.7 Å². The quantitative estimate of drug-likeness (QED) is 0.896. The molecule has 2 unspecified atom stereocenters. The summed E-state index contributed by atoms with van der Waals surface area (Å²) in [4.78, 5) is 14.4. The molecule has 3 rings (SSSR count). The Morgan fingerprint density at radius 1 is 1.17 bits per heavy atom. The molecule has 2 atom stereocenters.